The Labute approximate surface area is 202 Å². The predicted octanol–water partition coefficient (Wildman–Crippen LogP) is 2.27. The first-order chi connectivity index (χ1) is 16.7. The molecule has 4 heterocycles. The first-order valence-corrected chi connectivity index (χ1v) is 13.0. The maximum atomic E-state index is 13.7. The Morgan fingerprint density at radius 2 is 1.77 bits per heavy atom. The number of likely N-dealkylation sites (N-methyl/N-ethyl adjacent to an activating group) is 1. The zero-order valence-electron chi connectivity index (χ0n) is 19.6. The molecule has 0 saturated carbocycles. The monoisotopic (exact) mass is 495 g/mol. The van der Waals surface area contributed by atoms with E-state index in [1.165, 1.54) is 8.87 Å². The first-order valence-electron chi connectivity index (χ1n) is 11.5. The molecule has 3 aliphatic heterocycles. The Balaban J connectivity index is 1.70. The van der Waals surface area contributed by atoms with Crippen LogP contribution in [-0.4, -0.2) is 65.7 Å². The van der Waals surface area contributed by atoms with Crippen LogP contribution in [0.4, 0.5) is 0 Å². The summed E-state index contributed by atoms with van der Waals surface area (Å²) in [7, 11) is -2.19. The minimum absolute atomic E-state index is 0.0666. The number of nitrogens with zero attached hydrogens (tertiary/aromatic N) is 3. The average molecular weight is 496 g/mol. The highest BCUT2D eigenvalue weighted by atomic mass is 32.2. The summed E-state index contributed by atoms with van der Waals surface area (Å²) in [5.74, 6) is 0.708. The summed E-state index contributed by atoms with van der Waals surface area (Å²) < 4.78 is 39.9. The van der Waals surface area contributed by atoms with E-state index in [4.69, 9.17) is 9.47 Å². The Morgan fingerprint density at radius 1 is 1.03 bits per heavy atom. The molecule has 0 N–H and O–H groups in total. The molecule has 1 fully saturated rings. The topological polar surface area (TPSA) is 98.2 Å². The van der Waals surface area contributed by atoms with Crippen molar-refractivity contribution in [3.8, 4) is 11.5 Å². The van der Waals surface area contributed by atoms with E-state index >= 15 is 0 Å². The number of carbonyl (C=O) groups excluding carboxylic acids is 2. The number of piperazine rings is 1. The van der Waals surface area contributed by atoms with Crippen molar-refractivity contribution in [3.05, 3.63) is 59.3 Å². The van der Waals surface area contributed by atoms with E-state index in [-0.39, 0.29) is 31.6 Å². The second kappa shape index (κ2) is 7.48. The smallest absolute Gasteiger partial charge is 0.245 e. The number of fused-ring (bicyclic) bond motifs is 5. The first kappa shape index (κ1) is 22.0. The molecule has 182 valence electrons. The molecule has 2 atom stereocenters. The molecular formula is C25H25N3O6S. The Bertz CT molecular complexity index is 1510. The zero-order chi connectivity index (χ0) is 24.6. The van der Waals surface area contributed by atoms with Crippen LogP contribution in [0.15, 0.2) is 42.5 Å². The van der Waals surface area contributed by atoms with Gasteiger partial charge in [0.05, 0.1) is 29.0 Å². The maximum Gasteiger partial charge on any atom is 0.245 e. The fraction of sp³-hybridized carbons (Fsp3) is 0.360. The minimum atomic E-state index is -3.81. The second-order valence-electron chi connectivity index (χ2n) is 9.47. The van der Waals surface area contributed by atoms with Gasteiger partial charge in [0.2, 0.25) is 28.6 Å². The number of carbonyl (C=O) groups is 2. The van der Waals surface area contributed by atoms with Crippen molar-refractivity contribution < 1.29 is 27.5 Å². The fourth-order valence-corrected chi connectivity index (χ4v) is 6.76. The average Bonchev–Trinajstić information content (AvgIpc) is 3.43. The van der Waals surface area contributed by atoms with Gasteiger partial charge < -0.3 is 19.3 Å². The Kier molecular flexibility index (Phi) is 4.70. The number of rotatable bonds is 3. The van der Waals surface area contributed by atoms with Gasteiger partial charge in [0.1, 0.15) is 6.04 Å². The van der Waals surface area contributed by atoms with Gasteiger partial charge in [-0.2, -0.15) is 0 Å². The van der Waals surface area contributed by atoms with Crippen molar-refractivity contribution in [2.75, 3.05) is 20.4 Å². The van der Waals surface area contributed by atoms with Crippen molar-refractivity contribution in [1.82, 2.24) is 13.8 Å². The van der Waals surface area contributed by atoms with Gasteiger partial charge in [0, 0.05) is 18.9 Å². The lowest BCUT2D eigenvalue weighted by atomic mass is 9.86. The maximum absolute atomic E-state index is 13.7. The largest absolute Gasteiger partial charge is 0.454 e. The molecule has 0 radical (unpaired) electrons. The summed E-state index contributed by atoms with van der Waals surface area (Å²) in [6.45, 7) is 3.30. The summed E-state index contributed by atoms with van der Waals surface area (Å²) in [6.07, 6.45) is 0.242. The van der Waals surface area contributed by atoms with Crippen molar-refractivity contribution in [1.29, 1.82) is 0 Å². The van der Waals surface area contributed by atoms with Crippen LogP contribution >= 0.6 is 0 Å². The van der Waals surface area contributed by atoms with Crippen molar-refractivity contribution in [2.24, 2.45) is 0 Å². The fourth-order valence-electron chi connectivity index (χ4n) is 5.42. The van der Waals surface area contributed by atoms with E-state index in [0.29, 0.717) is 28.3 Å². The van der Waals surface area contributed by atoms with Crippen molar-refractivity contribution in [2.45, 2.75) is 37.6 Å². The molecular weight excluding hydrogens is 470 g/mol. The summed E-state index contributed by atoms with van der Waals surface area (Å²) in [5, 5.41) is 0.0768. The summed E-state index contributed by atoms with van der Waals surface area (Å²) >= 11 is 0. The third-order valence-corrected chi connectivity index (χ3v) is 9.22. The van der Waals surface area contributed by atoms with Crippen LogP contribution < -0.4 is 9.47 Å². The van der Waals surface area contributed by atoms with E-state index in [0.717, 1.165) is 10.9 Å². The summed E-state index contributed by atoms with van der Waals surface area (Å²) in [6, 6.07) is 11.1. The molecule has 35 heavy (non-hydrogen) atoms. The SMILES string of the molecule is CC(C)S(=O)(=O)n1c2c(c3ccccc31)C[C@@H]1C(=O)N(C)CC(=O)N1[C@@H]2c1ccc2c(c1)OCO2. The van der Waals surface area contributed by atoms with E-state index in [9.17, 15) is 18.0 Å². The molecule has 9 nitrogen and oxygen atoms in total. The van der Waals surface area contributed by atoms with Gasteiger partial charge in [-0.25, -0.2) is 12.4 Å². The predicted molar refractivity (Wildman–Crippen MR) is 128 cm³/mol. The van der Waals surface area contributed by atoms with Gasteiger partial charge in [-0.3, -0.25) is 9.59 Å². The molecule has 0 bridgehead atoms. The zero-order valence-corrected chi connectivity index (χ0v) is 20.4. The van der Waals surface area contributed by atoms with Gasteiger partial charge in [0.25, 0.3) is 0 Å². The molecule has 2 aromatic carbocycles. The van der Waals surface area contributed by atoms with Gasteiger partial charge in [0.15, 0.2) is 11.5 Å². The van der Waals surface area contributed by atoms with Crippen molar-refractivity contribution >= 4 is 32.7 Å². The lowest BCUT2D eigenvalue weighted by Crippen LogP contribution is -2.62. The third-order valence-electron chi connectivity index (χ3n) is 7.13. The van der Waals surface area contributed by atoms with Crippen LogP contribution in [0.3, 0.4) is 0 Å². The van der Waals surface area contributed by atoms with Crippen LogP contribution in [0.1, 0.15) is 36.7 Å². The molecule has 3 aromatic rings. The highest BCUT2D eigenvalue weighted by Gasteiger charge is 2.49. The molecule has 1 saturated heterocycles. The van der Waals surface area contributed by atoms with Crippen molar-refractivity contribution in [3.63, 3.8) is 0 Å². The number of amides is 2. The van der Waals surface area contributed by atoms with Gasteiger partial charge in [-0.05, 0) is 43.2 Å². The molecule has 3 aliphatic rings. The van der Waals surface area contributed by atoms with Crippen LogP contribution in [0, 0.1) is 0 Å². The number of para-hydroxylation sites is 1. The lowest BCUT2D eigenvalue weighted by molar-refractivity contribution is -0.157. The molecule has 1 aromatic heterocycles. The van der Waals surface area contributed by atoms with E-state index in [1.807, 2.05) is 18.2 Å². The molecule has 0 unspecified atom stereocenters. The van der Waals surface area contributed by atoms with Crippen LogP contribution in [-0.2, 0) is 26.0 Å². The Hall–Kier alpha value is -3.53. The Morgan fingerprint density at radius 3 is 2.54 bits per heavy atom. The van der Waals surface area contributed by atoms with E-state index in [1.54, 1.807) is 50.1 Å². The molecule has 2 amide bonds. The number of benzene rings is 2. The highest BCUT2D eigenvalue weighted by molar-refractivity contribution is 7.90. The lowest BCUT2D eigenvalue weighted by Gasteiger charge is -2.46. The molecule has 0 aliphatic carbocycles. The van der Waals surface area contributed by atoms with E-state index in [2.05, 4.69) is 0 Å². The van der Waals surface area contributed by atoms with E-state index < -0.39 is 27.4 Å². The second-order valence-corrected chi connectivity index (χ2v) is 11.8. The number of hydrogen-bond acceptors (Lipinski definition) is 6. The quantitative estimate of drug-likeness (QED) is 0.553. The molecule has 6 rings (SSSR count). The highest BCUT2D eigenvalue weighted by Crippen LogP contribution is 2.47. The minimum Gasteiger partial charge on any atom is -0.454 e. The molecule has 0 spiro atoms. The normalized spacial score (nSPS) is 21.6. The van der Waals surface area contributed by atoms with Gasteiger partial charge in [-0.15, -0.1) is 0 Å². The number of aromatic nitrogens is 1. The van der Waals surface area contributed by atoms with Gasteiger partial charge in [-0.1, -0.05) is 24.3 Å². The van der Waals surface area contributed by atoms with Crippen LogP contribution in [0.2, 0.25) is 0 Å². The summed E-state index contributed by atoms with van der Waals surface area (Å²) in [4.78, 5) is 29.7. The van der Waals surface area contributed by atoms with Crippen LogP contribution in [0.25, 0.3) is 10.9 Å². The molecule has 10 heteroatoms. The van der Waals surface area contributed by atoms with Gasteiger partial charge >= 0.3 is 0 Å². The third kappa shape index (κ3) is 3.02. The standard InChI is InChI=1S/C25H25N3O6S/c1-14(2)35(31,32)28-18-7-5-4-6-16(18)17-11-19-25(30)26(3)12-22(29)27(19)23(24(17)28)15-8-9-20-21(10-15)34-13-33-20/h4-10,14,19,23H,11-13H2,1-3H3/t19-,23-/m1/s1. The number of ether oxygens (including phenoxy) is 2. The summed E-state index contributed by atoms with van der Waals surface area (Å²) in [5.41, 5.74) is 2.48. The van der Waals surface area contributed by atoms with Crippen LogP contribution in [0.5, 0.6) is 11.5 Å². The number of hydrogen-bond donors (Lipinski definition) is 0.